The van der Waals surface area contributed by atoms with E-state index >= 15 is 0 Å². The van der Waals surface area contributed by atoms with Crippen LogP contribution in [0.2, 0.25) is 0 Å². The second-order valence-corrected chi connectivity index (χ2v) is 5.16. The van der Waals surface area contributed by atoms with Gasteiger partial charge in [0, 0.05) is 18.5 Å². The van der Waals surface area contributed by atoms with Crippen LogP contribution in [-0.2, 0) is 4.74 Å². The summed E-state index contributed by atoms with van der Waals surface area (Å²) in [7, 11) is 0. The third-order valence-corrected chi connectivity index (χ3v) is 3.56. The number of nitrogens with one attached hydrogen (secondary N) is 1. The summed E-state index contributed by atoms with van der Waals surface area (Å²) in [5.74, 6) is 1.45. The van der Waals surface area contributed by atoms with Gasteiger partial charge in [-0.15, -0.1) is 11.3 Å². The van der Waals surface area contributed by atoms with Gasteiger partial charge in [-0.3, -0.25) is 5.32 Å². The lowest BCUT2D eigenvalue weighted by Gasteiger charge is -2.08. The zero-order chi connectivity index (χ0) is 15.4. The molecule has 0 aliphatic heterocycles. The quantitative estimate of drug-likeness (QED) is 0.800. The summed E-state index contributed by atoms with van der Waals surface area (Å²) in [6.45, 7) is 2.03. The van der Waals surface area contributed by atoms with Gasteiger partial charge in [0.15, 0.2) is 11.6 Å². The first kappa shape index (κ1) is 14.2. The number of nitrogens with zero attached hydrogens (tertiary/aromatic N) is 4. The van der Waals surface area contributed by atoms with E-state index in [0.717, 1.165) is 4.88 Å². The molecule has 112 valence electrons. The summed E-state index contributed by atoms with van der Waals surface area (Å²) in [5, 5.41) is 8.69. The molecule has 0 atom stereocenters. The molecule has 1 amide bonds. The standard InChI is InChI=1S/C14H13N5O2S/c1-2-21-14(20)17-11-9-12(19-7-4-6-15-19)18-13(16-11)10-5-3-8-22-10/h3-9H,2H2,1H3,(H,16,17,18,20). The molecule has 7 nitrogen and oxygen atoms in total. The maximum Gasteiger partial charge on any atom is 0.412 e. The summed E-state index contributed by atoms with van der Waals surface area (Å²) in [6, 6.07) is 7.27. The minimum Gasteiger partial charge on any atom is -0.450 e. The molecule has 22 heavy (non-hydrogen) atoms. The monoisotopic (exact) mass is 315 g/mol. The van der Waals surface area contributed by atoms with E-state index in [2.05, 4.69) is 20.4 Å². The van der Waals surface area contributed by atoms with Crippen LogP contribution in [0.4, 0.5) is 10.6 Å². The van der Waals surface area contributed by atoms with E-state index in [-0.39, 0.29) is 0 Å². The summed E-state index contributed by atoms with van der Waals surface area (Å²) in [5.41, 5.74) is 0. The lowest BCUT2D eigenvalue weighted by Crippen LogP contribution is -2.15. The zero-order valence-electron chi connectivity index (χ0n) is 11.8. The largest absolute Gasteiger partial charge is 0.450 e. The Labute approximate surface area is 130 Å². The molecule has 0 bridgehead atoms. The summed E-state index contributed by atoms with van der Waals surface area (Å²) in [6.07, 6.45) is 2.88. The van der Waals surface area contributed by atoms with Crippen molar-refractivity contribution in [2.45, 2.75) is 6.92 Å². The van der Waals surface area contributed by atoms with Crippen LogP contribution < -0.4 is 5.32 Å². The van der Waals surface area contributed by atoms with Crippen molar-refractivity contribution in [3.05, 3.63) is 42.0 Å². The number of anilines is 1. The smallest absolute Gasteiger partial charge is 0.412 e. The Morgan fingerprint density at radius 1 is 1.41 bits per heavy atom. The van der Waals surface area contributed by atoms with E-state index < -0.39 is 6.09 Å². The molecule has 0 aromatic carbocycles. The molecule has 0 radical (unpaired) electrons. The minimum absolute atomic E-state index is 0.292. The van der Waals surface area contributed by atoms with Crippen LogP contribution in [0.15, 0.2) is 42.0 Å². The number of amides is 1. The zero-order valence-corrected chi connectivity index (χ0v) is 12.6. The van der Waals surface area contributed by atoms with Crippen LogP contribution in [-0.4, -0.2) is 32.4 Å². The molecule has 3 heterocycles. The molecule has 0 saturated heterocycles. The highest BCUT2D eigenvalue weighted by Gasteiger charge is 2.11. The number of hydrogen-bond acceptors (Lipinski definition) is 6. The van der Waals surface area contributed by atoms with E-state index in [1.54, 1.807) is 36.1 Å². The average molecular weight is 315 g/mol. The summed E-state index contributed by atoms with van der Waals surface area (Å²) in [4.78, 5) is 21.3. The highest BCUT2D eigenvalue weighted by Crippen LogP contribution is 2.23. The number of carbonyl (C=O) groups excluding carboxylic acids is 1. The van der Waals surface area contributed by atoms with E-state index in [9.17, 15) is 4.79 Å². The Hall–Kier alpha value is -2.74. The van der Waals surface area contributed by atoms with Gasteiger partial charge >= 0.3 is 6.09 Å². The topological polar surface area (TPSA) is 81.9 Å². The van der Waals surface area contributed by atoms with Crippen molar-refractivity contribution < 1.29 is 9.53 Å². The third-order valence-electron chi connectivity index (χ3n) is 2.70. The maximum absolute atomic E-state index is 11.6. The molecule has 0 fully saturated rings. The average Bonchev–Trinajstić information content (AvgIpc) is 3.21. The van der Waals surface area contributed by atoms with Crippen molar-refractivity contribution in [2.75, 3.05) is 11.9 Å². The second-order valence-electron chi connectivity index (χ2n) is 4.21. The SMILES string of the molecule is CCOC(=O)Nc1cc(-n2cccn2)nc(-c2cccs2)n1. The molecular weight excluding hydrogens is 302 g/mol. The van der Waals surface area contributed by atoms with Crippen LogP contribution in [0.1, 0.15) is 6.92 Å². The van der Waals surface area contributed by atoms with Gasteiger partial charge in [-0.25, -0.2) is 19.4 Å². The Morgan fingerprint density at radius 3 is 3.00 bits per heavy atom. The first-order valence-corrected chi connectivity index (χ1v) is 7.51. The van der Waals surface area contributed by atoms with Crippen molar-refractivity contribution in [1.29, 1.82) is 0 Å². The number of ether oxygens (including phenoxy) is 1. The molecule has 0 saturated carbocycles. The Bertz CT molecular complexity index is 703. The van der Waals surface area contributed by atoms with Gasteiger partial charge in [-0.05, 0) is 24.4 Å². The number of rotatable bonds is 4. The van der Waals surface area contributed by atoms with Gasteiger partial charge in [0.2, 0.25) is 0 Å². The predicted octanol–water partition coefficient (Wildman–Crippen LogP) is 2.96. The first-order chi connectivity index (χ1) is 10.8. The van der Waals surface area contributed by atoms with Crippen LogP contribution in [0.3, 0.4) is 0 Å². The first-order valence-electron chi connectivity index (χ1n) is 6.63. The van der Waals surface area contributed by atoms with E-state index in [4.69, 9.17) is 4.74 Å². The van der Waals surface area contributed by atoms with Gasteiger partial charge in [-0.1, -0.05) is 6.07 Å². The lowest BCUT2D eigenvalue weighted by molar-refractivity contribution is 0.168. The van der Waals surface area contributed by atoms with Crippen molar-refractivity contribution in [1.82, 2.24) is 19.7 Å². The second kappa shape index (κ2) is 6.35. The predicted molar refractivity (Wildman–Crippen MR) is 83.1 cm³/mol. The molecule has 0 unspecified atom stereocenters. The van der Waals surface area contributed by atoms with Crippen LogP contribution >= 0.6 is 11.3 Å². The van der Waals surface area contributed by atoms with Crippen molar-refractivity contribution >= 4 is 23.2 Å². The molecular formula is C14H13N5O2S. The number of hydrogen-bond donors (Lipinski definition) is 1. The van der Waals surface area contributed by atoms with E-state index in [1.807, 2.05) is 17.5 Å². The van der Waals surface area contributed by atoms with Gasteiger partial charge in [0.05, 0.1) is 11.5 Å². The normalized spacial score (nSPS) is 10.4. The molecule has 3 aromatic heterocycles. The summed E-state index contributed by atoms with van der Waals surface area (Å²) >= 11 is 1.52. The molecule has 1 N–H and O–H groups in total. The number of carbonyl (C=O) groups is 1. The van der Waals surface area contributed by atoms with Gasteiger partial charge in [-0.2, -0.15) is 5.10 Å². The molecule has 3 aromatic rings. The number of thiophene rings is 1. The van der Waals surface area contributed by atoms with Gasteiger partial charge in [0.1, 0.15) is 5.82 Å². The molecule has 8 heteroatoms. The van der Waals surface area contributed by atoms with Gasteiger partial charge < -0.3 is 4.74 Å². The summed E-state index contributed by atoms with van der Waals surface area (Å²) < 4.78 is 6.48. The van der Waals surface area contributed by atoms with Crippen molar-refractivity contribution in [2.24, 2.45) is 0 Å². The van der Waals surface area contributed by atoms with Crippen LogP contribution in [0, 0.1) is 0 Å². The van der Waals surface area contributed by atoms with Crippen molar-refractivity contribution in [3.8, 4) is 16.5 Å². The molecule has 3 rings (SSSR count). The van der Waals surface area contributed by atoms with Crippen molar-refractivity contribution in [3.63, 3.8) is 0 Å². The molecule has 0 aliphatic carbocycles. The Kier molecular flexibility index (Phi) is 4.10. The molecule has 0 spiro atoms. The fourth-order valence-corrected chi connectivity index (χ4v) is 2.47. The fourth-order valence-electron chi connectivity index (χ4n) is 1.81. The third kappa shape index (κ3) is 3.12. The van der Waals surface area contributed by atoms with E-state index in [0.29, 0.717) is 24.1 Å². The van der Waals surface area contributed by atoms with Gasteiger partial charge in [0.25, 0.3) is 0 Å². The van der Waals surface area contributed by atoms with E-state index in [1.165, 1.54) is 11.3 Å². The Morgan fingerprint density at radius 2 is 2.32 bits per heavy atom. The molecule has 0 aliphatic rings. The number of aromatic nitrogens is 4. The minimum atomic E-state index is -0.551. The van der Waals surface area contributed by atoms with Crippen LogP contribution in [0.5, 0.6) is 0 Å². The lowest BCUT2D eigenvalue weighted by atomic mass is 10.4. The fraction of sp³-hybridized carbons (Fsp3) is 0.143. The van der Waals surface area contributed by atoms with Crippen LogP contribution in [0.25, 0.3) is 16.5 Å². The highest BCUT2D eigenvalue weighted by atomic mass is 32.1. The maximum atomic E-state index is 11.6. The Balaban J connectivity index is 2.00. The highest BCUT2D eigenvalue weighted by molar-refractivity contribution is 7.13.